The highest BCUT2D eigenvalue weighted by Gasteiger charge is 2.40. The summed E-state index contributed by atoms with van der Waals surface area (Å²) in [6.45, 7) is 0. The Kier molecular flexibility index (Phi) is 4.82. The fourth-order valence-corrected chi connectivity index (χ4v) is 3.04. The van der Waals surface area contributed by atoms with Gasteiger partial charge in [-0.2, -0.15) is 8.78 Å². The lowest BCUT2D eigenvalue weighted by molar-refractivity contribution is -0.139. The average Bonchev–Trinajstić information content (AvgIpc) is 2.35. The molecule has 0 spiro atoms. The molecule has 1 aromatic rings. The number of benzene rings is 1. The first-order valence-electron chi connectivity index (χ1n) is 6.50. The number of hydrogen-bond acceptors (Lipinski definition) is 3. The van der Waals surface area contributed by atoms with Crippen molar-refractivity contribution in [3.63, 3.8) is 0 Å². The molecule has 0 bridgehead atoms. The maximum absolute atomic E-state index is 12.5. The van der Waals surface area contributed by atoms with Crippen LogP contribution in [-0.4, -0.2) is 28.3 Å². The van der Waals surface area contributed by atoms with Gasteiger partial charge in [-0.3, -0.25) is 9.59 Å². The number of carboxylic acids is 1. The Labute approximate surface area is 124 Å². The van der Waals surface area contributed by atoms with Gasteiger partial charge in [0.1, 0.15) is 0 Å². The number of alkyl halides is 2. The van der Waals surface area contributed by atoms with Crippen LogP contribution in [0.5, 0.6) is 0 Å². The van der Waals surface area contributed by atoms with Gasteiger partial charge in [0.05, 0.1) is 17.5 Å². The van der Waals surface area contributed by atoms with E-state index in [2.05, 4.69) is 5.32 Å². The number of nitrogens with one attached hydrogen (secondary N) is 1. The molecular formula is C14H15F2NO3S. The van der Waals surface area contributed by atoms with Crippen molar-refractivity contribution in [2.75, 3.05) is 0 Å². The van der Waals surface area contributed by atoms with Gasteiger partial charge in [-0.15, -0.1) is 0 Å². The van der Waals surface area contributed by atoms with Gasteiger partial charge < -0.3 is 10.4 Å². The normalized spacial score (nSPS) is 16.3. The third kappa shape index (κ3) is 3.93. The number of carboxylic acid groups (broad SMARTS) is 1. The molecule has 114 valence electrons. The van der Waals surface area contributed by atoms with E-state index in [1.54, 1.807) is 12.1 Å². The van der Waals surface area contributed by atoms with Crippen LogP contribution in [0.4, 0.5) is 8.78 Å². The lowest BCUT2D eigenvalue weighted by atomic mass is 9.74. The maximum atomic E-state index is 12.5. The Bertz CT molecular complexity index is 547. The van der Waals surface area contributed by atoms with Gasteiger partial charge in [0.15, 0.2) is 0 Å². The van der Waals surface area contributed by atoms with Gasteiger partial charge >= 0.3 is 5.97 Å². The van der Waals surface area contributed by atoms with Crippen molar-refractivity contribution < 1.29 is 23.5 Å². The molecular weight excluding hydrogens is 300 g/mol. The fourth-order valence-electron chi connectivity index (χ4n) is 2.40. The van der Waals surface area contributed by atoms with Crippen molar-refractivity contribution in [2.45, 2.75) is 41.9 Å². The highest BCUT2D eigenvalue weighted by atomic mass is 32.2. The van der Waals surface area contributed by atoms with Crippen molar-refractivity contribution in [3.05, 3.63) is 29.8 Å². The Hall–Kier alpha value is -1.63. The summed E-state index contributed by atoms with van der Waals surface area (Å²) in [6, 6.07) is 6.09. The molecule has 21 heavy (non-hydrogen) atoms. The summed E-state index contributed by atoms with van der Waals surface area (Å²) in [7, 11) is 0. The Morgan fingerprint density at radius 3 is 2.52 bits per heavy atom. The second-order valence-corrected chi connectivity index (χ2v) is 6.07. The van der Waals surface area contributed by atoms with Gasteiger partial charge in [0.25, 0.3) is 11.7 Å². The third-order valence-corrected chi connectivity index (χ3v) is 4.31. The molecule has 1 aliphatic rings. The molecule has 0 heterocycles. The lowest BCUT2D eigenvalue weighted by Gasteiger charge is -2.41. The van der Waals surface area contributed by atoms with Crippen LogP contribution in [-0.2, 0) is 4.79 Å². The minimum absolute atomic E-state index is 0.150. The van der Waals surface area contributed by atoms with Gasteiger partial charge in [0, 0.05) is 4.90 Å². The summed E-state index contributed by atoms with van der Waals surface area (Å²) < 4.78 is 25.0. The largest absolute Gasteiger partial charge is 0.481 e. The average molecular weight is 315 g/mol. The molecule has 0 radical (unpaired) electrons. The number of amides is 1. The van der Waals surface area contributed by atoms with Crippen LogP contribution in [0.25, 0.3) is 0 Å². The zero-order valence-corrected chi connectivity index (χ0v) is 12.0. The predicted octanol–water partition coefficient (Wildman–Crippen LogP) is 3.13. The molecule has 2 N–H and O–H groups in total. The SMILES string of the molecule is O=C(O)CC1(NC(=O)c2ccccc2SC(F)F)CCC1. The Morgan fingerprint density at radius 2 is 2.00 bits per heavy atom. The zero-order chi connectivity index (χ0) is 15.5. The fraction of sp³-hybridized carbons (Fsp3) is 0.429. The van der Waals surface area contributed by atoms with E-state index in [0.717, 1.165) is 6.42 Å². The molecule has 1 amide bonds. The van der Waals surface area contributed by atoms with E-state index in [1.165, 1.54) is 12.1 Å². The van der Waals surface area contributed by atoms with Crippen LogP contribution in [0.2, 0.25) is 0 Å². The molecule has 0 aliphatic heterocycles. The molecule has 1 saturated carbocycles. The van der Waals surface area contributed by atoms with E-state index >= 15 is 0 Å². The van der Waals surface area contributed by atoms with Crippen LogP contribution in [0.15, 0.2) is 29.2 Å². The summed E-state index contributed by atoms with van der Waals surface area (Å²) in [5.41, 5.74) is -0.592. The Balaban J connectivity index is 2.15. The summed E-state index contributed by atoms with van der Waals surface area (Å²) in [6.07, 6.45) is 1.88. The highest BCUT2D eigenvalue weighted by molar-refractivity contribution is 7.99. The van der Waals surface area contributed by atoms with Crippen LogP contribution in [0.1, 0.15) is 36.0 Å². The predicted molar refractivity (Wildman–Crippen MR) is 74.6 cm³/mol. The second-order valence-electron chi connectivity index (χ2n) is 5.03. The van der Waals surface area contributed by atoms with Gasteiger partial charge in [-0.1, -0.05) is 23.9 Å². The van der Waals surface area contributed by atoms with Crippen LogP contribution >= 0.6 is 11.8 Å². The van der Waals surface area contributed by atoms with Crippen LogP contribution in [0, 0.1) is 0 Å². The Morgan fingerprint density at radius 1 is 1.33 bits per heavy atom. The van der Waals surface area contributed by atoms with E-state index < -0.39 is 23.2 Å². The molecule has 0 unspecified atom stereocenters. The zero-order valence-electron chi connectivity index (χ0n) is 11.1. The number of halogens is 2. The number of thioether (sulfide) groups is 1. The number of carbonyl (C=O) groups is 2. The van der Waals surface area contributed by atoms with E-state index in [4.69, 9.17) is 5.11 Å². The number of aliphatic carboxylic acids is 1. The van der Waals surface area contributed by atoms with Gasteiger partial charge in [0.2, 0.25) is 0 Å². The quantitative estimate of drug-likeness (QED) is 0.792. The number of carbonyl (C=O) groups excluding carboxylic acids is 1. The van der Waals surface area contributed by atoms with E-state index in [0.29, 0.717) is 24.6 Å². The molecule has 2 rings (SSSR count). The minimum atomic E-state index is -2.62. The van der Waals surface area contributed by atoms with Crippen molar-refractivity contribution in [3.8, 4) is 0 Å². The van der Waals surface area contributed by atoms with Crippen molar-refractivity contribution in [1.82, 2.24) is 5.32 Å². The molecule has 1 aromatic carbocycles. The summed E-state index contributed by atoms with van der Waals surface area (Å²) in [5.74, 6) is -4.10. The van der Waals surface area contributed by atoms with E-state index in [9.17, 15) is 18.4 Å². The van der Waals surface area contributed by atoms with Crippen LogP contribution in [0.3, 0.4) is 0 Å². The molecule has 0 atom stereocenters. The van der Waals surface area contributed by atoms with E-state index in [-0.39, 0.29) is 16.9 Å². The van der Waals surface area contributed by atoms with E-state index in [1.807, 2.05) is 0 Å². The molecule has 7 heteroatoms. The molecule has 0 aromatic heterocycles. The topological polar surface area (TPSA) is 66.4 Å². The van der Waals surface area contributed by atoms with Crippen LogP contribution < -0.4 is 5.32 Å². The van der Waals surface area contributed by atoms with Crippen molar-refractivity contribution in [1.29, 1.82) is 0 Å². The summed E-state index contributed by atoms with van der Waals surface area (Å²) in [4.78, 5) is 23.3. The maximum Gasteiger partial charge on any atom is 0.305 e. The standard InChI is InChI=1S/C14H15F2NO3S/c15-13(16)21-10-5-2-1-4-9(10)12(20)17-14(6-3-7-14)8-11(18)19/h1-2,4-5,13H,3,6-8H2,(H,17,20)(H,18,19). The minimum Gasteiger partial charge on any atom is -0.481 e. The monoisotopic (exact) mass is 315 g/mol. The first kappa shape index (κ1) is 15.8. The summed E-state index contributed by atoms with van der Waals surface area (Å²) >= 11 is 0.308. The van der Waals surface area contributed by atoms with Gasteiger partial charge in [-0.25, -0.2) is 0 Å². The number of rotatable bonds is 6. The first-order chi connectivity index (χ1) is 9.92. The van der Waals surface area contributed by atoms with Crippen molar-refractivity contribution in [2.24, 2.45) is 0 Å². The van der Waals surface area contributed by atoms with Crippen molar-refractivity contribution >= 4 is 23.6 Å². The third-order valence-electron chi connectivity index (χ3n) is 3.53. The number of hydrogen-bond donors (Lipinski definition) is 2. The lowest BCUT2D eigenvalue weighted by Crippen LogP contribution is -2.54. The first-order valence-corrected chi connectivity index (χ1v) is 7.38. The molecule has 1 aliphatic carbocycles. The smallest absolute Gasteiger partial charge is 0.305 e. The molecule has 0 saturated heterocycles. The molecule has 4 nitrogen and oxygen atoms in total. The van der Waals surface area contributed by atoms with Gasteiger partial charge in [-0.05, 0) is 31.4 Å². The highest BCUT2D eigenvalue weighted by Crippen LogP contribution is 2.36. The summed E-state index contributed by atoms with van der Waals surface area (Å²) in [5, 5.41) is 11.6. The second kappa shape index (κ2) is 6.43. The molecule has 1 fully saturated rings.